The van der Waals surface area contributed by atoms with Gasteiger partial charge in [0, 0.05) is 32.7 Å². The van der Waals surface area contributed by atoms with E-state index in [2.05, 4.69) is 51.0 Å². The van der Waals surface area contributed by atoms with Gasteiger partial charge in [0.1, 0.15) is 0 Å². The Balaban J connectivity index is 1.59. The highest BCUT2D eigenvalue weighted by atomic mass is 15.2. The highest BCUT2D eigenvalue weighted by Gasteiger charge is 2.09. The summed E-state index contributed by atoms with van der Waals surface area (Å²) in [7, 11) is 0. The summed E-state index contributed by atoms with van der Waals surface area (Å²) < 4.78 is 2.27. The van der Waals surface area contributed by atoms with E-state index in [1.807, 2.05) is 12.5 Å². The predicted molar refractivity (Wildman–Crippen MR) is 86.3 cm³/mol. The Morgan fingerprint density at radius 2 is 1.86 bits per heavy atom. The first-order valence-corrected chi connectivity index (χ1v) is 7.83. The minimum Gasteiger partial charge on any atom is -0.331 e. The fourth-order valence-corrected chi connectivity index (χ4v) is 2.86. The first-order chi connectivity index (χ1) is 10.3. The number of hydrogen-bond acceptors (Lipinski definition) is 3. The van der Waals surface area contributed by atoms with Crippen LogP contribution in [-0.2, 0) is 6.54 Å². The van der Waals surface area contributed by atoms with E-state index in [1.165, 1.54) is 42.9 Å². The molecule has 0 atom stereocenters. The monoisotopic (exact) mass is 284 g/mol. The number of rotatable bonds is 5. The van der Waals surface area contributed by atoms with Crippen molar-refractivity contribution in [3.8, 4) is 11.3 Å². The fourth-order valence-electron chi connectivity index (χ4n) is 2.86. The number of aromatic nitrogens is 2. The molecule has 0 amide bonds. The maximum atomic E-state index is 4.33. The topological polar surface area (TPSA) is 33.1 Å². The van der Waals surface area contributed by atoms with Gasteiger partial charge in [0.25, 0.3) is 0 Å². The molecule has 112 valence electrons. The normalized spacial score (nSPS) is 16.2. The lowest BCUT2D eigenvalue weighted by molar-refractivity contribution is 0.235. The summed E-state index contributed by atoms with van der Waals surface area (Å²) in [6.45, 7) is 8.93. The second-order valence-corrected chi connectivity index (χ2v) is 5.78. The highest BCUT2D eigenvalue weighted by molar-refractivity contribution is 5.59. The van der Waals surface area contributed by atoms with Crippen molar-refractivity contribution >= 4 is 0 Å². The summed E-state index contributed by atoms with van der Waals surface area (Å²) in [5, 5.41) is 3.40. The molecule has 0 bridgehead atoms. The van der Waals surface area contributed by atoms with Crippen molar-refractivity contribution in [3.05, 3.63) is 42.4 Å². The zero-order valence-electron chi connectivity index (χ0n) is 12.8. The fraction of sp³-hybridized carbons (Fsp3) is 0.471. The smallest absolute Gasteiger partial charge is 0.0950 e. The Bertz CT molecular complexity index is 552. The molecule has 0 unspecified atom stereocenters. The molecule has 21 heavy (non-hydrogen) atoms. The zero-order valence-corrected chi connectivity index (χ0v) is 12.8. The van der Waals surface area contributed by atoms with E-state index < -0.39 is 0 Å². The van der Waals surface area contributed by atoms with Crippen LogP contribution in [0.5, 0.6) is 0 Å². The molecule has 1 aliphatic rings. The Labute approximate surface area is 126 Å². The predicted octanol–water partition coefficient (Wildman–Crippen LogP) is 2.15. The van der Waals surface area contributed by atoms with Crippen LogP contribution < -0.4 is 5.32 Å². The average molecular weight is 284 g/mol. The molecule has 2 aromatic rings. The number of nitrogens with one attached hydrogen (secondary N) is 1. The molecule has 2 heterocycles. The van der Waals surface area contributed by atoms with Crippen molar-refractivity contribution in [3.63, 3.8) is 0 Å². The van der Waals surface area contributed by atoms with Crippen LogP contribution in [-0.4, -0.2) is 47.2 Å². The number of aryl methyl sites for hydroxylation is 2. The molecule has 1 aromatic heterocycles. The first kappa shape index (κ1) is 14.3. The van der Waals surface area contributed by atoms with E-state index in [9.17, 15) is 0 Å². The van der Waals surface area contributed by atoms with E-state index in [-0.39, 0.29) is 0 Å². The standard InChI is InChI=1S/C17H24N4/c1-15-3-5-16(6-4-15)17-13-19-14-21(17)10-2-9-20-11-7-18-8-12-20/h3-6,13-14,18H,2,7-12H2,1H3. The number of benzene rings is 1. The van der Waals surface area contributed by atoms with Crippen LogP contribution in [0.25, 0.3) is 11.3 Å². The Morgan fingerprint density at radius 1 is 1.10 bits per heavy atom. The lowest BCUT2D eigenvalue weighted by atomic mass is 10.1. The maximum absolute atomic E-state index is 4.33. The van der Waals surface area contributed by atoms with Gasteiger partial charge in [0.15, 0.2) is 0 Å². The van der Waals surface area contributed by atoms with Crippen LogP contribution in [0.4, 0.5) is 0 Å². The molecule has 1 saturated heterocycles. The quantitative estimate of drug-likeness (QED) is 0.913. The van der Waals surface area contributed by atoms with Crippen LogP contribution in [0.15, 0.2) is 36.8 Å². The van der Waals surface area contributed by atoms with Gasteiger partial charge < -0.3 is 14.8 Å². The molecule has 1 N–H and O–H groups in total. The molecule has 1 aliphatic heterocycles. The molecule has 4 heteroatoms. The summed E-state index contributed by atoms with van der Waals surface area (Å²) in [6, 6.07) is 8.68. The molecule has 1 aromatic carbocycles. The van der Waals surface area contributed by atoms with Gasteiger partial charge in [-0.25, -0.2) is 4.98 Å². The van der Waals surface area contributed by atoms with Crippen LogP contribution in [0.3, 0.4) is 0 Å². The maximum Gasteiger partial charge on any atom is 0.0950 e. The van der Waals surface area contributed by atoms with Crippen LogP contribution >= 0.6 is 0 Å². The van der Waals surface area contributed by atoms with Gasteiger partial charge >= 0.3 is 0 Å². The Kier molecular flexibility index (Phi) is 4.68. The lowest BCUT2D eigenvalue weighted by Gasteiger charge is -2.27. The minimum absolute atomic E-state index is 1.03. The zero-order chi connectivity index (χ0) is 14.5. The van der Waals surface area contributed by atoms with Gasteiger partial charge in [-0.3, -0.25) is 0 Å². The van der Waals surface area contributed by atoms with Crippen molar-refractivity contribution in [1.29, 1.82) is 0 Å². The van der Waals surface area contributed by atoms with Gasteiger partial charge in [-0.05, 0) is 25.5 Å². The number of piperazine rings is 1. The first-order valence-electron chi connectivity index (χ1n) is 7.83. The lowest BCUT2D eigenvalue weighted by Crippen LogP contribution is -2.43. The van der Waals surface area contributed by atoms with Crippen molar-refractivity contribution < 1.29 is 0 Å². The van der Waals surface area contributed by atoms with Gasteiger partial charge in [0.05, 0.1) is 18.2 Å². The molecule has 0 aliphatic carbocycles. The second kappa shape index (κ2) is 6.87. The van der Waals surface area contributed by atoms with E-state index in [0.717, 1.165) is 19.6 Å². The largest absolute Gasteiger partial charge is 0.331 e. The van der Waals surface area contributed by atoms with Gasteiger partial charge in [-0.2, -0.15) is 0 Å². The minimum atomic E-state index is 1.03. The van der Waals surface area contributed by atoms with Crippen LogP contribution in [0, 0.1) is 6.92 Å². The molecule has 0 saturated carbocycles. The number of imidazole rings is 1. The van der Waals surface area contributed by atoms with Gasteiger partial charge in [-0.1, -0.05) is 29.8 Å². The third-order valence-corrected chi connectivity index (χ3v) is 4.14. The van der Waals surface area contributed by atoms with Crippen molar-refractivity contribution in [2.24, 2.45) is 0 Å². The number of hydrogen-bond donors (Lipinski definition) is 1. The summed E-state index contributed by atoms with van der Waals surface area (Å²) in [5.74, 6) is 0. The molecular formula is C17H24N4. The molecule has 4 nitrogen and oxygen atoms in total. The third kappa shape index (κ3) is 3.71. The average Bonchev–Trinajstić information content (AvgIpc) is 2.98. The summed E-state index contributed by atoms with van der Waals surface area (Å²) >= 11 is 0. The van der Waals surface area contributed by atoms with E-state index in [4.69, 9.17) is 0 Å². The van der Waals surface area contributed by atoms with Crippen molar-refractivity contribution in [2.75, 3.05) is 32.7 Å². The van der Waals surface area contributed by atoms with Crippen LogP contribution in [0.1, 0.15) is 12.0 Å². The SMILES string of the molecule is Cc1ccc(-c2cncn2CCCN2CCNCC2)cc1. The van der Waals surface area contributed by atoms with Gasteiger partial charge in [0.2, 0.25) is 0 Å². The molecular weight excluding hydrogens is 260 g/mol. The Morgan fingerprint density at radius 3 is 2.62 bits per heavy atom. The van der Waals surface area contributed by atoms with Crippen molar-refractivity contribution in [1.82, 2.24) is 19.8 Å². The Hall–Kier alpha value is -1.65. The van der Waals surface area contributed by atoms with Crippen LogP contribution in [0.2, 0.25) is 0 Å². The summed E-state index contributed by atoms with van der Waals surface area (Å²) in [6.07, 6.45) is 5.09. The van der Waals surface area contributed by atoms with Crippen molar-refractivity contribution in [2.45, 2.75) is 19.9 Å². The van der Waals surface area contributed by atoms with E-state index in [1.54, 1.807) is 0 Å². The molecule has 0 radical (unpaired) electrons. The van der Waals surface area contributed by atoms with Gasteiger partial charge in [-0.15, -0.1) is 0 Å². The summed E-state index contributed by atoms with van der Waals surface area (Å²) in [4.78, 5) is 6.87. The molecule has 3 rings (SSSR count). The second-order valence-electron chi connectivity index (χ2n) is 5.78. The summed E-state index contributed by atoms with van der Waals surface area (Å²) in [5.41, 5.74) is 3.76. The van der Waals surface area contributed by atoms with E-state index >= 15 is 0 Å². The van der Waals surface area contributed by atoms with E-state index in [0.29, 0.717) is 0 Å². The third-order valence-electron chi connectivity index (χ3n) is 4.14. The molecule has 0 spiro atoms. The number of nitrogens with zero attached hydrogens (tertiary/aromatic N) is 3. The highest BCUT2D eigenvalue weighted by Crippen LogP contribution is 2.19. The molecule has 1 fully saturated rings.